The lowest BCUT2D eigenvalue weighted by molar-refractivity contribution is -0.139. The van der Waals surface area contributed by atoms with Gasteiger partial charge in [-0.15, -0.1) is 0 Å². The van der Waals surface area contributed by atoms with Crippen molar-refractivity contribution in [3.05, 3.63) is 0 Å². The van der Waals surface area contributed by atoms with Gasteiger partial charge in [-0.1, -0.05) is 19.3 Å². The molecule has 1 atom stereocenters. The summed E-state index contributed by atoms with van der Waals surface area (Å²) < 4.78 is 23.3. The van der Waals surface area contributed by atoms with Crippen molar-refractivity contribution in [2.24, 2.45) is 5.92 Å². The van der Waals surface area contributed by atoms with Crippen molar-refractivity contribution in [1.29, 1.82) is 0 Å². The maximum absolute atomic E-state index is 12.7. The second kappa shape index (κ2) is 5.08. The summed E-state index contributed by atoms with van der Waals surface area (Å²) in [6.45, 7) is 0. The fraction of sp³-hybridized carbons (Fsp3) is 0.929. The minimum absolute atomic E-state index is 0.0353. The Bertz CT molecular complexity index is 449. The Balaban J connectivity index is 1.72. The highest BCUT2D eigenvalue weighted by atomic mass is 32.2. The first-order valence-electron chi connectivity index (χ1n) is 7.59. The molecule has 108 valence electrons. The van der Waals surface area contributed by atoms with Crippen LogP contribution in [0.3, 0.4) is 0 Å². The van der Waals surface area contributed by atoms with E-state index < -0.39 is 9.84 Å². The van der Waals surface area contributed by atoms with Crippen molar-refractivity contribution in [3.63, 3.8) is 0 Å². The molecule has 0 aromatic heterocycles. The van der Waals surface area contributed by atoms with Gasteiger partial charge in [0.05, 0.1) is 11.5 Å². The Morgan fingerprint density at radius 1 is 0.895 bits per heavy atom. The first kappa shape index (κ1) is 13.4. The number of sulfone groups is 1. The molecule has 0 radical (unpaired) electrons. The van der Waals surface area contributed by atoms with Crippen LogP contribution in [0.1, 0.15) is 51.4 Å². The Morgan fingerprint density at radius 3 is 2.11 bits per heavy atom. The molecule has 1 amide bonds. The zero-order valence-corrected chi connectivity index (χ0v) is 12.2. The summed E-state index contributed by atoms with van der Waals surface area (Å²) in [5.41, 5.74) is 0. The molecule has 19 heavy (non-hydrogen) atoms. The maximum Gasteiger partial charge on any atom is 0.226 e. The van der Waals surface area contributed by atoms with Crippen LogP contribution in [-0.2, 0) is 14.6 Å². The molecule has 4 nitrogen and oxygen atoms in total. The Labute approximate surface area is 115 Å². The Kier molecular flexibility index (Phi) is 3.58. The first-order valence-corrected chi connectivity index (χ1v) is 9.41. The molecule has 0 aromatic rings. The summed E-state index contributed by atoms with van der Waals surface area (Å²) in [4.78, 5) is 14.7. The van der Waals surface area contributed by atoms with Crippen LogP contribution in [0.25, 0.3) is 0 Å². The number of amides is 1. The normalized spacial score (nSPS) is 31.3. The van der Waals surface area contributed by atoms with Gasteiger partial charge in [0.25, 0.3) is 0 Å². The zero-order valence-electron chi connectivity index (χ0n) is 11.4. The van der Waals surface area contributed by atoms with Crippen molar-refractivity contribution in [3.8, 4) is 0 Å². The minimum Gasteiger partial charge on any atom is -0.335 e. The molecule has 5 heteroatoms. The van der Waals surface area contributed by atoms with Crippen molar-refractivity contribution in [1.82, 2.24) is 4.90 Å². The number of carbonyl (C=O) groups is 1. The minimum atomic E-state index is -2.90. The van der Waals surface area contributed by atoms with Gasteiger partial charge in [-0.25, -0.2) is 8.42 Å². The van der Waals surface area contributed by atoms with Crippen LogP contribution in [-0.4, -0.2) is 42.8 Å². The highest BCUT2D eigenvalue weighted by molar-refractivity contribution is 7.91. The van der Waals surface area contributed by atoms with Gasteiger partial charge in [-0.05, 0) is 32.1 Å². The van der Waals surface area contributed by atoms with Gasteiger partial charge in [-0.2, -0.15) is 0 Å². The van der Waals surface area contributed by atoms with E-state index in [1.165, 1.54) is 6.42 Å². The number of hydrogen-bond donors (Lipinski definition) is 0. The van der Waals surface area contributed by atoms with Gasteiger partial charge in [0.15, 0.2) is 9.84 Å². The molecule has 0 bridgehead atoms. The molecular weight excluding hydrogens is 262 g/mol. The van der Waals surface area contributed by atoms with Gasteiger partial charge in [0.2, 0.25) is 5.91 Å². The van der Waals surface area contributed by atoms with E-state index in [4.69, 9.17) is 0 Å². The van der Waals surface area contributed by atoms with Crippen molar-refractivity contribution < 1.29 is 13.2 Å². The highest BCUT2D eigenvalue weighted by Gasteiger charge is 2.43. The van der Waals surface area contributed by atoms with E-state index in [-0.39, 0.29) is 29.4 Å². The second-order valence-corrected chi connectivity index (χ2v) is 8.60. The van der Waals surface area contributed by atoms with Gasteiger partial charge in [0.1, 0.15) is 0 Å². The number of nitrogens with zero attached hydrogens (tertiary/aromatic N) is 1. The van der Waals surface area contributed by atoms with E-state index in [1.807, 2.05) is 4.90 Å². The third-order valence-corrected chi connectivity index (χ3v) is 6.50. The van der Waals surface area contributed by atoms with Crippen LogP contribution >= 0.6 is 0 Å². The molecule has 2 aliphatic carbocycles. The number of hydrogen-bond acceptors (Lipinski definition) is 3. The van der Waals surface area contributed by atoms with Crippen LogP contribution in [0.4, 0.5) is 0 Å². The lowest BCUT2D eigenvalue weighted by Crippen LogP contribution is -2.46. The van der Waals surface area contributed by atoms with E-state index in [9.17, 15) is 13.2 Å². The molecular formula is C14H23NO3S. The van der Waals surface area contributed by atoms with E-state index in [1.54, 1.807) is 0 Å². The fourth-order valence-electron chi connectivity index (χ4n) is 3.57. The standard InChI is InChI=1S/C14H23NO3S/c16-14(11-4-2-1-3-5-11)15(12-6-7-12)13-8-9-19(17,18)10-13/h11-13H,1-10H2. The molecule has 3 rings (SSSR count). The van der Waals surface area contributed by atoms with Gasteiger partial charge < -0.3 is 4.90 Å². The smallest absolute Gasteiger partial charge is 0.226 e. The van der Waals surface area contributed by atoms with E-state index in [0.29, 0.717) is 12.5 Å². The molecule has 1 heterocycles. The predicted molar refractivity (Wildman–Crippen MR) is 73.5 cm³/mol. The lowest BCUT2D eigenvalue weighted by Gasteiger charge is -2.33. The summed E-state index contributed by atoms with van der Waals surface area (Å²) in [6, 6.07) is 0.305. The molecule has 2 saturated carbocycles. The molecule has 3 fully saturated rings. The average molecular weight is 285 g/mol. The van der Waals surface area contributed by atoms with E-state index in [0.717, 1.165) is 38.5 Å². The van der Waals surface area contributed by atoms with Gasteiger partial charge >= 0.3 is 0 Å². The molecule has 1 aliphatic heterocycles. The van der Waals surface area contributed by atoms with Crippen LogP contribution in [0.2, 0.25) is 0 Å². The van der Waals surface area contributed by atoms with Crippen LogP contribution < -0.4 is 0 Å². The van der Waals surface area contributed by atoms with Crippen LogP contribution in [0.5, 0.6) is 0 Å². The van der Waals surface area contributed by atoms with Crippen molar-refractivity contribution in [2.45, 2.75) is 63.5 Å². The largest absolute Gasteiger partial charge is 0.335 e. The quantitative estimate of drug-likeness (QED) is 0.794. The summed E-state index contributed by atoms with van der Waals surface area (Å²) in [5, 5.41) is 0. The highest BCUT2D eigenvalue weighted by Crippen LogP contribution is 2.36. The van der Waals surface area contributed by atoms with E-state index >= 15 is 0 Å². The molecule has 3 aliphatic rings. The fourth-order valence-corrected chi connectivity index (χ4v) is 5.28. The van der Waals surface area contributed by atoms with Crippen molar-refractivity contribution in [2.75, 3.05) is 11.5 Å². The van der Waals surface area contributed by atoms with Gasteiger partial charge in [-0.3, -0.25) is 4.79 Å². The monoisotopic (exact) mass is 285 g/mol. The summed E-state index contributed by atoms with van der Waals surface area (Å²) in [6.07, 6.45) is 8.32. The maximum atomic E-state index is 12.7. The summed E-state index contributed by atoms with van der Waals surface area (Å²) >= 11 is 0. The van der Waals surface area contributed by atoms with Gasteiger partial charge in [0, 0.05) is 18.0 Å². The van der Waals surface area contributed by atoms with Crippen LogP contribution in [0, 0.1) is 5.92 Å². The molecule has 1 unspecified atom stereocenters. The lowest BCUT2D eigenvalue weighted by atomic mass is 9.88. The van der Waals surface area contributed by atoms with Crippen LogP contribution in [0.15, 0.2) is 0 Å². The third-order valence-electron chi connectivity index (χ3n) is 4.75. The number of carbonyl (C=O) groups excluding carboxylic acids is 1. The molecule has 0 spiro atoms. The Morgan fingerprint density at radius 2 is 1.58 bits per heavy atom. The topological polar surface area (TPSA) is 54.5 Å². The number of rotatable bonds is 3. The van der Waals surface area contributed by atoms with Crippen molar-refractivity contribution >= 4 is 15.7 Å². The second-order valence-electron chi connectivity index (χ2n) is 6.37. The summed E-state index contributed by atoms with van der Waals surface area (Å²) in [5.74, 6) is 0.878. The van der Waals surface area contributed by atoms with E-state index in [2.05, 4.69) is 0 Å². The average Bonchev–Trinajstić information content (AvgIpc) is 3.15. The molecule has 0 N–H and O–H groups in total. The third kappa shape index (κ3) is 2.96. The summed E-state index contributed by atoms with van der Waals surface area (Å²) in [7, 11) is -2.90. The zero-order chi connectivity index (χ0) is 13.5. The predicted octanol–water partition coefficient (Wildman–Crippen LogP) is 1.74. The molecule has 0 aromatic carbocycles. The SMILES string of the molecule is O=C(C1CCCCC1)N(C1CC1)C1CCS(=O)(=O)C1. The first-order chi connectivity index (χ1) is 9.07. The molecule has 1 saturated heterocycles. The Hall–Kier alpha value is -0.580.